The van der Waals surface area contributed by atoms with Gasteiger partial charge in [0.05, 0.1) is 17.1 Å². The third-order valence-electron chi connectivity index (χ3n) is 6.43. The zero-order chi connectivity index (χ0) is 28.6. The molecule has 1 unspecified atom stereocenters. The summed E-state index contributed by atoms with van der Waals surface area (Å²) in [6.07, 6.45) is -3.55. The molecule has 1 aliphatic heterocycles. The van der Waals surface area contributed by atoms with Gasteiger partial charge in [0.1, 0.15) is 11.6 Å². The van der Waals surface area contributed by atoms with Gasteiger partial charge < -0.3 is 9.88 Å². The number of fused-ring (bicyclic) bond motifs is 1. The quantitative estimate of drug-likeness (QED) is 0.218. The van der Waals surface area contributed by atoms with Crippen molar-refractivity contribution in [1.29, 1.82) is 0 Å². The maximum atomic E-state index is 14.5. The van der Waals surface area contributed by atoms with Crippen molar-refractivity contribution in [2.24, 2.45) is 0 Å². The molecule has 1 aliphatic rings. The first-order valence-electron chi connectivity index (χ1n) is 12.0. The summed E-state index contributed by atoms with van der Waals surface area (Å²) >= 11 is 1.24. The lowest BCUT2D eigenvalue weighted by Gasteiger charge is -2.16. The Bertz CT molecular complexity index is 1650. The van der Waals surface area contributed by atoms with E-state index >= 15 is 0 Å². The van der Waals surface area contributed by atoms with Crippen LogP contribution < -0.4 is 10.7 Å². The number of anilines is 1. The van der Waals surface area contributed by atoms with Crippen molar-refractivity contribution in [2.45, 2.75) is 29.4 Å². The molecule has 4 aromatic rings. The van der Waals surface area contributed by atoms with Crippen molar-refractivity contribution in [3.8, 4) is 0 Å². The number of amides is 1. The number of thioether (sulfide) groups is 1. The molecular weight excluding hydrogens is 551 g/mol. The molecule has 0 saturated carbocycles. The van der Waals surface area contributed by atoms with Crippen molar-refractivity contribution in [2.75, 3.05) is 5.32 Å². The van der Waals surface area contributed by atoms with Crippen LogP contribution in [-0.2, 0) is 17.8 Å². The molecule has 0 spiro atoms. The Morgan fingerprint density at radius 2 is 1.57 bits per heavy atom. The van der Waals surface area contributed by atoms with Crippen LogP contribution in [0, 0.1) is 11.6 Å². The van der Waals surface area contributed by atoms with E-state index in [1.54, 1.807) is 35.6 Å². The van der Waals surface area contributed by atoms with Crippen molar-refractivity contribution in [3.63, 3.8) is 0 Å². The van der Waals surface area contributed by atoms with Gasteiger partial charge in [-0.3, -0.25) is 14.4 Å². The number of pyridine rings is 1. The molecule has 11 heteroatoms. The van der Waals surface area contributed by atoms with Crippen LogP contribution in [0.25, 0.3) is 0 Å². The molecule has 1 N–H and O–H groups in total. The summed E-state index contributed by atoms with van der Waals surface area (Å²) in [5.41, 5.74) is 0.276. The molecule has 2 heterocycles. The highest BCUT2D eigenvalue weighted by Crippen LogP contribution is 2.46. The van der Waals surface area contributed by atoms with Crippen LogP contribution in [-0.4, -0.2) is 22.4 Å². The first-order chi connectivity index (χ1) is 19.0. The number of hydrogen-bond donors (Lipinski definition) is 1. The van der Waals surface area contributed by atoms with Crippen LogP contribution in [0.1, 0.15) is 37.9 Å². The highest BCUT2D eigenvalue weighted by molar-refractivity contribution is 7.99. The van der Waals surface area contributed by atoms with E-state index in [9.17, 15) is 36.3 Å². The van der Waals surface area contributed by atoms with E-state index in [2.05, 4.69) is 0 Å². The van der Waals surface area contributed by atoms with Gasteiger partial charge in [0.15, 0.2) is 11.2 Å². The van der Waals surface area contributed by atoms with Gasteiger partial charge in [0.25, 0.3) is 0 Å². The van der Waals surface area contributed by atoms with Crippen molar-refractivity contribution in [3.05, 3.63) is 129 Å². The maximum absolute atomic E-state index is 14.5. The van der Waals surface area contributed by atoms with Gasteiger partial charge in [-0.1, -0.05) is 60.3 Å². The minimum atomic E-state index is -5.04. The van der Waals surface area contributed by atoms with Crippen LogP contribution in [0.3, 0.4) is 0 Å². The molecule has 0 fully saturated rings. The molecule has 0 radical (unpaired) electrons. The number of hydrogen-bond acceptors (Lipinski definition) is 4. The number of carbonyl (C=O) groups is 2. The number of benzene rings is 3. The lowest BCUT2D eigenvalue weighted by Crippen LogP contribution is -2.29. The summed E-state index contributed by atoms with van der Waals surface area (Å²) in [7, 11) is 0. The molecule has 40 heavy (non-hydrogen) atoms. The zero-order valence-corrected chi connectivity index (χ0v) is 21.3. The molecule has 1 amide bonds. The molecule has 1 aromatic heterocycles. The highest BCUT2D eigenvalue weighted by atomic mass is 32.2. The van der Waals surface area contributed by atoms with E-state index in [4.69, 9.17) is 0 Å². The van der Waals surface area contributed by atoms with Crippen LogP contribution in [0.15, 0.2) is 88.8 Å². The first kappa shape index (κ1) is 27.3. The van der Waals surface area contributed by atoms with Crippen LogP contribution in [0.5, 0.6) is 0 Å². The predicted octanol–water partition coefficient (Wildman–Crippen LogP) is 6.30. The predicted molar refractivity (Wildman–Crippen MR) is 139 cm³/mol. The Morgan fingerprint density at radius 1 is 0.925 bits per heavy atom. The molecular formula is C29H19F5N2O3S. The number of aromatic nitrogens is 1. The van der Waals surface area contributed by atoms with Crippen molar-refractivity contribution < 1.29 is 31.5 Å². The van der Waals surface area contributed by atoms with E-state index in [1.165, 1.54) is 52.9 Å². The Labute approximate surface area is 228 Å². The highest BCUT2D eigenvalue weighted by Gasteiger charge is 2.38. The van der Waals surface area contributed by atoms with Crippen LogP contribution in [0.4, 0.5) is 27.6 Å². The molecule has 0 aliphatic carbocycles. The fourth-order valence-corrected chi connectivity index (χ4v) is 5.82. The average Bonchev–Trinajstić information content (AvgIpc) is 3.38. The molecule has 204 valence electrons. The Hall–Kier alpha value is -4.25. The molecule has 5 nitrogen and oxygen atoms in total. The summed E-state index contributed by atoms with van der Waals surface area (Å²) in [5.74, 6) is -4.19. The number of ketones is 1. The molecule has 0 saturated heterocycles. The summed E-state index contributed by atoms with van der Waals surface area (Å²) < 4.78 is 68.3. The topological polar surface area (TPSA) is 68.2 Å². The fraction of sp³-hybridized carbons (Fsp3) is 0.138. The van der Waals surface area contributed by atoms with Crippen LogP contribution >= 0.6 is 11.8 Å². The molecule has 0 bridgehead atoms. The van der Waals surface area contributed by atoms with E-state index in [0.717, 1.165) is 12.1 Å². The minimum absolute atomic E-state index is 0.0584. The number of nitrogens with zero attached hydrogens (tertiary/aromatic N) is 1. The Morgan fingerprint density at radius 3 is 2.20 bits per heavy atom. The molecule has 5 rings (SSSR count). The Balaban J connectivity index is 1.52. The number of carbonyl (C=O) groups excluding carboxylic acids is 2. The largest absolute Gasteiger partial charge is 0.471 e. The zero-order valence-electron chi connectivity index (χ0n) is 20.5. The number of halogens is 5. The van der Waals surface area contributed by atoms with Crippen molar-refractivity contribution >= 4 is 29.1 Å². The second-order valence-electron chi connectivity index (χ2n) is 9.06. The lowest BCUT2D eigenvalue weighted by atomic mass is 9.99. The summed E-state index contributed by atoms with van der Waals surface area (Å²) in [6, 6.07) is 17.3. The number of rotatable bonds is 6. The molecule has 1 atom stereocenters. The average molecular weight is 571 g/mol. The van der Waals surface area contributed by atoms with Crippen molar-refractivity contribution in [1.82, 2.24) is 4.57 Å². The smallest absolute Gasteiger partial charge is 0.337 e. The van der Waals surface area contributed by atoms with E-state index in [0.29, 0.717) is 16.2 Å². The summed E-state index contributed by atoms with van der Waals surface area (Å²) in [4.78, 5) is 38.0. The van der Waals surface area contributed by atoms with Gasteiger partial charge in [-0.2, -0.15) is 13.2 Å². The van der Waals surface area contributed by atoms with Gasteiger partial charge in [-0.25, -0.2) is 8.78 Å². The maximum Gasteiger partial charge on any atom is 0.471 e. The normalized spacial score (nSPS) is 14.6. The second-order valence-corrected chi connectivity index (χ2v) is 10.3. The fourth-order valence-electron chi connectivity index (χ4n) is 4.43. The monoisotopic (exact) mass is 570 g/mol. The summed E-state index contributed by atoms with van der Waals surface area (Å²) in [5, 5.41) is 1.82. The summed E-state index contributed by atoms with van der Waals surface area (Å²) in [6.45, 7) is -0.279. The number of nitrogens with one attached hydrogen (secondary N) is 1. The third-order valence-corrected chi connectivity index (χ3v) is 7.86. The van der Waals surface area contributed by atoms with Gasteiger partial charge >= 0.3 is 12.1 Å². The SMILES string of the molecule is O=C(c1ccccc1)c1cn(Cc2c(F)cccc2F)c2c(c1=O)CC(c1ccc(NC(=O)C(F)(F)F)cc1)S2. The van der Waals surface area contributed by atoms with E-state index < -0.39 is 34.9 Å². The number of alkyl halides is 3. The second kappa shape index (κ2) is 10.7. The van der Waals surface area contributed by atoms with E-state index in [1.807, 2.05) is 0 Å². The van der Waals surface area contributed by atoms with Crippen LogP contribution in [0.2, 0.25) is 0 Å². The minimum Gasteiger partial charge on any atom is -0.337 e. The lowest BCUT2D eigenvalue weighted by molar-refractivity contribution is -0.167. The third kappa shape index (κ3) is 5.42. The first-order valence-corrected chi connectivity index (χ1v) is 12.8. The van der Waals surface area contributed by atoms with Gasteiger partial charge in [0.2, 0.25) is 0 Å². The standard InChI is InChI=1S/C29H19F5N2O3S/c30-22-7-4-8-23(31)20(22)14-36-15-21(25(37)17-5-2-1-3-6-17)26(38)19-13-24(40-27(19)36)16-9-11-18(12-10-16)35-28(39)29(32,33)34/h1-12,15,24H,13-14H2,(H,35,39). The van der Waals surface area contributed by atoms with Gasteiger partial charge in [0, 0.05) is 33.8 Å². The molecule has 3 aromatic carbocycles. The van der Waals surface area contributed by atoms with Gasteiger partial charge in [-0.15, -0.1) is 0 Å². The Kier molecular flexibility index (Phi) is 7.33. The van der Waals surface area contributed by atoms with E-state index in [-0.39, 0.29) is 40.6 Å². The van der Waals surface area contributed by atoms with Gasteiger partial charge in [-0.05, 0) is 36.2 Å².